The van der Waals surface area contributed by atoms with Crippen molar-refractivity contribution in [1.29, 1.82) is 5.26 Å². The lowest BCUT2D eigenvalue weighted by Crippen LogP contribution is -2.07. The van der Waals surface area contributed by atoms with E-state index in [1.54, 1.807) is 11.3 Å². The zero-order chi connectivity index (χ0) is 15.8. The Kier molecular flexibility index (Phi) is 3.68. The monoisotopic (exact) mass is 338 g/mol. The van der Waals surface area contributed by atoms with Crippen LogP contribution < -0.4 is 0 Å². The van der Waals surface area contributed by atoms with Gasteiger partial charge in [-0.2, -0.15) is 17.9 Å². The number of nitrogens with zero attached hydrogens (tertiary/aromatic N) is 4. The van der Waals surface area contributed by atoms with Gasteiger partial charge in [0, 0.05) is 6.04 Å². The van der Waals surface area contributed by atoms with Crippen LogP contribution in [0.3, 0.4) is 0 Å². The second-order valence-electron chi connectivity index (χ2n) is 5.56. The Morgan fingerprint density at radius 3 is 2.74 bits per heavy atom. The quantitative estimate of drug-likeness (QED) is 0.724. The van der Waals surface area contributed by atoms with Crippen molar-refractivity contribution in [2.75, 3.05) is 0 Å². The number of aromatic nitrogens is 3. The molecule has 1 fully saturated rings. The average molecular weight is 338 g/mol. The van der Waals surface area contributed by atoms with Crippen LogP contribution in [0.2, 0.25) is 0 Å². The highest BCUT2D eigenvalue weighted by molar-refractivity contribution is 7.80. The molecule has 1 aliphatic carbocycles. The maximum absolute atomic E-state index is 9.34. The number of nitriles is 1. The molecule has 0 N–H and O–H groups in total. The summed E-state index contributed by atoms with van der Waals surface area (Å²) in [6.07, 6.45) is 2.29. The summed E-state index contributed by atoms with van der Waals surface area (Å²) in [5.74, 6) is 1.73. The van der Waals surface area contributed by atoms with Gasteiger partial charge in [0.2, 0.25) is 0 Å². The molecule has 1 aliphatic rings. The van der Waals surface area contributed by atoms with Gasteiger partial charge in [0.25, 0.3) is 0 Å². The summed E-state index contributed by atoms with van der Waals surface area (Å²) in [6.45, 7) is 0. The fourth-order valence-corrected chi connectivity index (χ4v) is 3.84. The molecule has 114 valence electrons. The molecule has 1 saturated carbocycles. The zero-order valence-electron chi connectivity index (χ0n) is 12.3. The number of thiol groups is 1. The largest absolute Gasteiger partial charge is 0.306 e. The molecule has 1 aromatic carbocycles. The third-order valence-electron chi connectivity index (χ3n) is 4.00. The topological polar surface area (TPSA) is 54.5 Å². The second kappa shape index (κ2) is 5.84. The van der Waals surface area contributed by atoms with Crippen molar-refractivity contribution < 1.29 is 0 Å². The third-order valence-corrected chi connectivity index (χ3v) is 5.37. The fourth-order valence-electron chi connectivity index (χ4n) is 2.73. The molecule has 2 aromatic heterocycles. The Morgan fingerprint density at radius 1 is 1.22 bits per heavy atom. The Labute approximate surface area is 143 Å². The summed E-state index contributed by atoms with van der Waals surface area (Å²) in [7, 11) is 0. The highest BCUT2D eigenvalue weighted by Gasteiger charge is 2.32. The number of benzene rings is 1. The minimum absolute atomic E-state index is 0.257. The van der Waals surface area contributed by atoms with Crippen molar-refractivity contribution >= 4 is 24.0 Å². The van der Waals surface area contributed by atoms with Crippen molar-refractivity contribution in [3.8, 4) is 16.8 Å². The normalized spacial score (nSPS) is 15.3. The van der Waals surface area contributed by atoms with E-state index in [9.17, 15) is 5.26 Å². The molecule has 3 aromatic rings. The molecule has 1 atom stereocenters. The van der Waals surface area contributed by atoms with Crippen molar-refractivity contribution in [3.05, 3.63) is 58.7 Å². The number of thiophene rings is 1. The van der Waals surface area contributed by atoms with E-state index in [1.807, 2.05) is 35.7 Å². The van der Waals surface area contributed by atoms with Crippen molar-refractivity contribution in [1.82, 2.24) is 14.8 Å². The van der Waals surface area contributed by atoms with E-state index in [-0.39, 0.29) is 5.25 Å². The van der Waals surface area contributed by atoms with E-state index in [2.05, 4.69) is 26.9 Å². The molecule has 0 aliphatic heterocycles. The summed E-state index contributed by atoms with van der Waals surface area (Å²) < 4.78 is 2.21. The SMILES string of the molecule is N#Cc1ccccc1C(S)c1nnc(-c2cccs2)n1C1CC1. The van der Waals surface area contributed by atoms with Gasteiger partial charge in [0.1, 0.15) is 0 Å². The Hall–Kier alpha value is -2.10. The minimum Gasteiger partial charge on any atom is -0.306 e. The van der Waals surface area contributed by atoms with Crippen LogP contribution >= 0.6 is 24.0 Å². The van der Waals surface area contributed by atoms with Crippen LogP contribution in [0.15, 0.2) is 41.8 Å². The maximum Gasteiger partial charge on any atom is 0.174 e. The van der Waals surface area contributed by atoms with Crippen LogP contribution in [-0.4, -0.2) is 14.8 Å². The molecular weight excluding hydrogens is 324 g/mol. The van der Waals surface area contributed by atoms with Gasteiger partial charge in [-0.15, -0.1) is 21.5 Å². The second-order valence-corrected chi connectivity index (χ2v) is 7.03. The third kappa shape index (κ3) is 2.56. The van der Waals surface area contributed by atoms with Crippen molar-refractivity contribution in [2.45, 2.75) is 24.1 Å². The summed E-state index contributed by atoms with van der Waals surface area (Å²) >= 11 is 6.43. The van der Waals surface area contributed by atoms with Crippen LogP contribution in [-0.2, 0) is 0 Å². The van der Waals surface area contributed by atoms with Gasteiger partial charge in [0.05, 0.1) is 21.8 Å². The standard InChI is InChI=1S/C17H14N4S2/c18-10-11-4-1-2-5-13(11)15(22)17-20-19-16(14-6-3-9-23-14)21(17)12-7-8-12/h1-6,9,12,15,22H,7-8H2. The van der Waals surface area contributed by atoms with Gasteiger partial charge in [-0.25, -0.2) is 0 Å². The van der Waals surface area contributed by atoms with Gasteiger partial charge in [-0.1, -0.05) is 24.3 Å². The van der Waals surface area contributed by atoms with Crippen LogP contribution in [0.1, 0.15) is 41.1 Å². The van der Waals surface area contributed by atoms with Crippen LogP contribution in [0, 0.1) is 11.3 Å². The fraction of sp³-hybridized carbons (Fsp3) is 0.235. The number of hydrogen-bond acceptors (Lipinski definition) is 5. The predicted octanol–water partition coefficient (Wildman–Crippen LogP) is 4.23. The Morgan fingerprint density at radius 2 is 2.04 bits per heavy atom. The van der Waals surface area contributed by atoms with Crippen molar-refractivity contribution in [3.63, 3.8) is 0 Å². The van der Waals surface area contributed by atoms with Gasteiger partial charge in [-0.3, -0.25) is 0 Å². The van der Waals surface area contributed by atoms with E-state index in [0.29, 0.717) is 11.6 Å². The van der Waals surface area contributed by atoms with E-state index in [0.717, 1.165) is 34.9 Å². The zero-order valence-corrected chi connectivity index (χ0v) is 14.0. The first-order valence-corrected chi connectivity index (χ1v) is 8.85. The van der Waals surface area contributed by atoms with E-state index >= 15 is 0 Å². The Bertz CT molecular complexity index is 872. The molecule has 0 bridgehead atoms. The summed E-state index contributed by atoms with van der Waals surface area (Å²) in [5, 5.41) is 20.0. The molecule has 0 radical (unpaired) electrons. The highest BCUT2D eigenvalue weighted by Crippen LogP contribution is 2.43. The Balaban J connectivity index is 1.82. The van der Waals surface area contributed by atoms with Crippen LogP contribution in [0.5, 0.6) is 0 Å². The summed E-state index contributed by atoms with van der Waals surface area (Å²) in [5.41, 5.74) is 1.51. The average Bonchev–Trinajstić information content (AvgIpc) is 3.12. The molecule has 23 heavy (non-hydrogen) atoms. The number of rotatable bonds is 4. The maximum atomic E-state index is 9.34. The molecule has 2 heterocycles. The lowest BCUT2D eigenvalue weighted by Gasteiger charge is -2.15. The van der Waals surface area contributed by atoms with E-state index in [1.165, 1.54) is 0 Å². The molecule has 0 spiro atoms. The lowest BCUT2D eigenvalue weighted by molar-refractivity contribution is 0.698. The minimum atomic E-state index is -0.257. The molecule has 4 nitrogen and oxygen atoms in total. The van der Waals surface area contributed by atoms with Crippen molar-refractivity contribution in [2.24, 2.45) is 0 Å². The smallest absolute Gasteiger partial charge is 0.174 e. The van der Waals surface area contributed by atoms with Crippen LogP contribution in [0.25, 0.3) is 10.7 Å². The molecule has 6 heteroatoms. The molecule has 0 saturated heterocycles. The van der Waals surface area contributed by atoms with Gasteiger partial charge < -0.3 is 4.57 Å². The van der Waals surface area contributed by atoms with Crippen LogP contribution in [0.4, 0.5) is 0 Å². The van der Waals surface area contributed by atoms with Gasteiger partial charge in [-0.05, 0) is 35.9 Å². The molecule has 4 rings (SSSR count). The summed E-state index contributed by atoms with van der Waals surface area (Å²) in [4.78, 5) is 1.12. The first-order valence-electron chi connectivity index (χ1n) is 7.45. The highest BCUT2D eigenvalue weighted by atomic mass is 32.1. The lowest BCUT2D eigenvalue weighted by atomic mass is 10.0. The first kappa shape index (κ1) is 14.5. The molecule has 1 unspecified atom stereocenters. The molecular formula is C17H14N4S2. The van der Waals surface area contributed by atoms with Gasteiger partial charge >= 0.3 is 0 Å². The van der Waals surface area contributed by atoms with Gasteiger partial charge in [0.15, 0.2) is 11.6 Å². The molecule has 0 amide bonds. The van der Waals surface area contributed by atoms with E-state index < -0.39 is 0 Å². The number of hydrogen-bond donors (Lipinski definition) is 1. The van der Waals surface area contributed by atoms with E-state index in [4.69, 9.17) is 12.6 Å². The summed E-state index contributed by atoms with van der Waals surface area (Å²) in [6, 6.07) is 14.3. The first-order chi connectivity index (χ1) is 11.3. The predicted molar refractivity (Wildman–Crippen MR) is 93.6 cm³/mol.